The van der Waals surface area contributed by atoms with Crippen LogP contribution >= 0.6 is 0 Å². The molecule has 5 heteroatoms. The largest absolute Gasteiger partial charge is 0.506 e. The Bertz CT molecular complexity index is 705. The predicted molar refractivity (Wildman–Crippen MR) is 76.9 cm³/mol. The van der Waals surface area contributed by atoms with Crippen LogP contribution in [-0.2, 0) is 11.3 Å². The SMILES string of the molecule is Cc1ccc(O)c(NC(=O)Cn2cccc(C)c2=O)c1. The molecule has 2 aromatic rings. The number of phenolic OH excluding ortho intramolecular Hbond substituents is 1. The number of rotatable bonds is 3. The maximum Gasteiger partial charge on any atom is 0.253 e. The Hall–Kier alpha value is -2.56. The molecule has 0 bridgehead atoms. The summed E-state index contributed by atoms with van der Waals surface area (Å²) in [5.41, 5.74) is 1.65. The topological polar surface area (TPSA) is 71.3 Å². The van der Waals surface area contributed by atoms with E-state index in [9.17, 15) is 14.7 Å². The summed E-state index contributed by atoms with van der Waals surface area (Å²) in [5, 5.41) is 12.3. The molecule has 2 rings (SSSR count). The third-order valence-electron chi connectivity index (χ3n) is 2.95. The van der Waals surface area contributed by atoms with E-state index in [1.165, 1.54) is 10.6 Å². The van der Waals surface area contributed by atoms with Crippen molar-refractivity contribution in [2.45, 2.75) is 20.4 Å². The Labute approximate surface area is 116 Å². The third kappa shape index (κ3) is 3.06. The van der Waals surface area contributed by atoms with Crippen LogP contribution in [-0.4, -0.2) is 15.6 Å². The minimum absolute atomic E-state index is 0.000499. The second-order valence-corrected chi connectivity index (χ2v) is 4.69. The van der Waals surface area contributed by atoms with Gasteiger partial charge >= 0.3 is 0 Å². The Balaban J connectivity index is 2.15. The summed E-state index contributed by atoms with van der Waals surface area (Å²) in [5.74, 6) is -0.362. The van der Waals surface area contributed by atoms with Gasteiger partial charge in [-0.15, -0.1) is 0 Å². The van der Waals surface area contributed by atoms with Gasteiger partial charge in [-0.25, -0.2) is 0 Å². The molecule has 0 radical (unpaired) electrons. The Morgan fingerprint density at radius 2 is 2.05 bits per heavy atom. The fourth-order valence-corrected chi connectivity index (χ4v) is 1.88. The average Bonchev–Trinajstić information content (AvgIpc) is 2.39. The number of amides is 1. The van der Waals surface area contributed by atoms with Crippen LogP contribution in [0.2, 0.25) is 0 Å². The Morgan fingerprint density at radius 1 is 1.30 bits per heavy atom. The molecule has 0 fully saturated rings. The van der Waals surface area contributed by atoms with E-state index in [-0.39, 0.29) is 23.8 Å². The van der Waals surface area contributed by atoms with Crippen LogP contribution in [0.15, 0.2) is 41.3 Å². The van der Waals surface area contributed by atoms with Gasteiger partial charge in [-0.2, -0.15) is 0 Å². The van der Waals surface area contributed by atoms with E-state index < -0.39 is 0 Å². The highest BCUT2D eigenvalue weighted by Gasteiger charge is 2.08. The zero-order valence-electron chi connectivity index (χ0n) is 11.4. The van der Waals surface area contributed by atoms with Crippen LogP contribution in [0, 0.1) is 13.8 Å². The van der Waals surface area contributed by atoms with Gasteiger partial charge in [-0.3, -0.25) is 9.59 Å². The zero-order valence-corrected chi connectivity index (χ0v) is 11.4. The first-order valence-corrected chi connectivity index (χ1v) is 6.23. The lowest BCUT2D eigenvalue weighted by Crippen LogP contribution is -2.28. The van der Waals surface area contributed by atoms with Crippen LogP contribution in [0.3, 0.4) is 0 Å². The lowest BCUT2D eigenvalue weighted by Gasteiger charge is -2.10. The van der Waals surface area contributed by atoms with Gasteiger partial charge in [0.15, 0.2) is 0 Å². The molecule has 1 aromatic heterocycles. The number of aromatic nitrogens is 1. The van der Waals surface area contributed by atoms with E-state index >= 15 is 0 Å². The highest BCUT2D eigenvalue weighted by atomic mass is 16.3. The minimum Gasteiger partial charge on any atom is -0.506 e. The van der Waals surface area contributed by atoms with Crippen LogP contribution in [0.1, 0.15) is 11.1 Å². The first kappa shape index (κ1) is 13.9. The number of aromatic hydroxyl groups is 1. The number of phenols is 1. The number of nitrogens with one attached hydrogen (secondary N) is 1. The van der Waals surface area contributed by atoms with E-state index in [1.807, 2.05) is 6.92 Å². The minimum atomic E-state index is -0.362. The van der Waals surface area contributed by atoms with Crippen molar-refractivity contribution >= 4 is 11.6 Å². The molecule has 0 aliphatic carbocycles. The molecule has 1 aromatic carbocycles. The van der Waals surface area contributed by atoms with Gasteiger partial charge in [-0.05, 0) is 37.6 Å². The van der Waals surface area contributed by atoms with Crippen LogP contribution < -0.4 is 10.9 Å². The summed E-state index contributed by atoms with van der Waals surface area (Å²) >= 11 is 0. The molecule has 0 aliphatic rings. The number of pyridine rings is 1. The van der Waals surface area contributed by atoms with Crippen molar-refractivity contribution in [3.8, 4) is 5.75 Å². The van der Waals surface area contributed by atoms with E-state index in [2.05, 4.69) is 5.32 Å². The van der Waals surface area contributed by atoms with E-state index in [0.29, 0.717) is 11.3 Å². The standard InChI is InChI=1S/C15H16N2O3/c1-10-5-6-13(18)12(8-10)16-14(19)9-17-7-3-4-11(2)15(17)20/h3-8,18H,9H2,1-2H3,(H,16,19). The third-order valence-corrected chi connectivity index (χ3v) is 2.95. The number of aryl methyl sites for hydroxylation is 2. The molecular weight excluding hydrogens is 256 g/mol. The summed E-state index contributed by atoms with van der Waals surface area (Å²) in [6.07, 6.45) is 1.56. The van der Waals surface area contributed by atoms with E-state index in [0.717, 1.165) is 5.56 Å². The molecule has 20 heavy (non-hydrogen) atoms. The summed E-state index contributed by atoms with van der Waals surface area (Å²) in [4.78, 5) is 23.7. The van der Waals surface area contributed by atoms with Gasteiger partial charge in [0.2, 0.25) is 5.91 Å². The van der Waals surface area contributed by atoms with Crippen molar-refractivity contribution in [3.63, 3.8) is 0 Å². The lowest BCUT2D eigenvalue weighted by molar-refractivity contribution is -0.116. The molecule has 1 amide bonds. The Morgan fingerprint density at radius 3 is 2.80 bits per heavy atom. The lowest BCUT2D eigenvalue weighted by atomic mass is 10.2. The monoisotopic (exact) mass is 272 g/mol. The molecule has 0 saturated heterocycles. The number of benzene rings is 1. The highest BCUT2D eigenvalue weighted by molar-refractivity contribution is 5.92. The molecular formula is C15H16N2O3. The number of carbonyl (C=O) groups excluding carboxylic acids is 1. The summed E-state index contributed by atoms with van der Waals surface area (Å²) in [7, 11) is 0. The fourth-order valence-electron chi connectivity index (χ4n) is 1.88. The Kier molecular flexibility index (Phi) is 3.89. The quantitative estimate of drug-likeness (QED) is 0.837. The molecule has 0 atom stereocenters. The maximum atomic E-state index is 11.9. The molecule has 5 nitrogen and oxygen atoms in total. The predicted octanol–water partition coefficient (Wildman–Crippen LogP) is 1.81. The van der Waals surface area contributed by atoms with Crippen LogP contribution in [0.25, 0.3) is 0 Å². The summed E-state index contributed by atoms with van der Waals surface area (Å²) < 4.78 is 1.33. The number of hydrogen-bond acceptors (Lipinski definition) is 3. The van der Waals surface area contributed by atoms with Gasteiger partial charge in [-0.1, -0.05) is 12.1 Å². The molecule has 0 saturated carbocycles. The van der Waals surface area contributed by atoms with Crippen molar-refractivity contribution in [2.75, 3.05) is 5.32 Å². The number of anilines is 1. The van der Waals surface area contributed by atoms with Gasteiger partial charge in [0.25, 0.3) is 5.56 Å². The first-order valence-electron chi connectivity index (χ1n) is 6.23. The van der Waals surface area contributed by atoms with E-state index in [1.54, 1.807) is 37.4 Å². The average molecular weight is 272 g/mol. The summed E-state index contributed by atoms with van der Waals surface area (Å²) in [6, 6.07) is 8.35. The van der Waals surface area contributed by atoms with Gasteiger partial charge in [0.05, 0.1) is 5.69 Å². The van der Waals surface area contributed by atoms with Crippen molar-refractivity contribution in [1.82, 2.24) is 4.57 Å². The van der Waals surface area contributed by atoms with Crippen LogP contribution in [0.5, 0.6) is 5.75 Å². The summed E-state index contributed by atoms with van der Waals surface area (Å²) in [6.45, 7) is 3.47. The van der Waals surface area contributed by atoms with Crippen molar-refractivity contribution in [3.05, 3.63) is 58.0 Å². The van der Waals surface area contributed by atoms with Crippen LogP contribution in [0.4, 0.5) is 5.69 Å². The van der Waals surface area contributed by atoms with Gasteiger partial charge in [0, 0.05) is 11.8 Å². The molecule has 0 unspecified atom stereocenters. The zero-order chi connectivity index (χ0) is 14.7. The molecule has 1 heterocycles. The molecule has 104 valence electrons. The molecule has 0 spiro atoms. The maximum absolute atomic E-state index is 11.9. The van der Waals surface area contributed by atoms with Crippen molar-refractivity contribution < 1.29 is 9.90 Å². The smallest absolute Gasteiger partial charge is 0.253 e. The second-order valence-electron chi connectivity index (χ2n) is 4.69. The number of hydrogen-bond donors (Lipinski definition) is 2. The number of nitrogens with zero attached hydrogens (tertiary/aromatic N) is 1. The molecule has 0 aliphatic heterocycles. The fraction of sp³-hybridized carbons (Fsp3) is 0.200. The van der Waals surface area contributed by atoms with Crippen molar-refractivity contribution in [2.24, 2.45) is 0 Å². The molecule has 2 N–H and O–H groups in total. The van der Waals surface area contributed by atoms with E-state index in [4.69, 9.17) is 0 Å². The number of carbonyl (C=O) groups is 1. The highest BCUT2D eigenvalue weighted by Crippen LogP contribution is 2.23. The van der Waals surface area contributed by atoms with Gasteiger partial charge in [0.1, 0.15) is 12.3 Å². The van der Waals surface area contributed by atoms with Crippen molar-refractivity contribution in [1.29, 1.82) is 0 Å². The van der Waals surface area contributed by atoms with Gasteiger partial charge < -0.3 is 15.0 Å². The second kappa shape index (κ2) is 5.61. The normalized spacial score (nSPS) is 10.3. The first-order chi connectivity index (χ1) is 9.47.